The van der Waals surface area contributed by atoms with Crippen molar-refractivity contribution in [1.29, 1.82) is 0 Å². The van der Waals surface area contributed by atoms with Crippen LogP contribution in [0.5, 0.6) is 0 Å². The van der Waals surface area contributed by atoms with Crippen molar-refractivity contribution in [1.82, 2.24) is 14.5 Å². The van der Waals surface area contributed by atoms with Crippen molar-refractivity contribution < 1.29 is 0 Å². The molecule has 20 heavy (non-hydrogen) atoms. The summed E-state index contributed by atoms with van der Waals surface area (Å²) >= 11 is 5.98. The molecule has 0 amide bonds. The van der Waals surface area contributed by atoms with Gasteiger partial charge in [0.15, 0.2) is 0 Å². The van der Waals surface area contributed by atoms with Crippen LogP contribution in [0.4, 0.5) is 5.69 Å². The van der Waals surface area contributed by atoms with Gasteiger partial charge in [-0.15, -0.1) is 0 Å². The van der Waals surface area contributed by atoms with Crippen molar-refractivity contribution in [2.24, 2.45) is 0 Å². The average molecular weight is 285 g/mol. The van der Waals surface area contributed by atoms with Crippen LogP contribution in [0.25, 0.3) is 22.4 Å². The van der Waals surface area contributed by atoms with E-state index in [-0.39, 0.29) is 0 Å². The SMILES string of the molecule is Nc1cc(Cl)ccc1-c1nc2cnccc2n1C1CC1. The van der Waals surface area contributed by atoms with E-state index in [4.69, 9.17) is 22.3 Å². The van der Waals surface area contributed by atoms with E-state index >= 15 is 0 Å². The maximum absolute atomic E-state index is 6.11. The van der Waals surface area contributed by atoms with Gasteiger partial charge in [0, 0.05) is 28.5 Å². The Hall–Kier alpha value is -2.07. The quantitative estimate of drug-likeness (QED) is 0.731. The minimum absolute atomic E-state index is 0.521. The van der Waals surface area contributed by atoms with Gasteiger partial charge in [0.2, 0.25) is 0 Å². The summed E-state index contributed by atoms with van der Waals surface area (Å²) in [5, 5.41) is 0.641. The lowest BCUT2D eigenvalue weighted by Gasteiger charge is -2.09. The number of pyridine rings is 1. The zero-order chi connectivity index (χ0) is 13.7. The largest absolute Gasteiger partial charge is 0.398 e. The van der Waals surface area contributed by atoms with E-state index in [1.165, 1.54) is 12.8 Å². The summed E-state index contributed by atoms with van der Waals surface area (Å²) in [5.41, 5.74) is 9.72. The summed E-state index contributed by atoms with van der Waals surface area (Å²) in [6, 6.07) is 8.09. The third kappa shape index (κ3) is 1.76. The molecule has 0 bridgehead atoms. The second kappa shape index (κ2) is 4.21. The van der Waals surface area contributed by atoms with Crippen molar-refractivity contribution in [2.45, 2.75) is 18.9 Å². The number of imidazole rings is 1. The molecular formula is C15H13ClN4. The summed E-state index contributed by atoms with van der Waals surface area (Å²) in [7, 11) is 0. The minimum Gasteiger partial charge on any atom is -0.398 e. The number of nitrogens with two attached hydrogens (primary N) is 1. The molecule has 4 rings (SSSR count). The molecule has 0 spiro atoms. The average Bonchev–Trinajstić information content (AvgIpc) is 3.19. The van der Waals surface area contributed by atoms with Gasteiger partial charge in [-0.05, 0) is 37.1 Å². The zero-order valence-electron chi connectivity index (χ0n) is 10.8. The predicted molar refractivity (Wildman–Crippen MR) is 80.7 cm³/mol. The van der Waals surface area contributed by atoms with Crippen LogP contribution in [0.1, 0.15) is 18.9 Å². The van der Waals surface area contributed by atoms with Crippen molar-refractivity contribution >= 4 is 28.3 Å². The first kappa shape index (κ1) is 11.7. The molecule has 1 saturated carbocycles. The molecule has 0 radical (unpaired) electrons. The maximum Gasteiger partial charge on any atom is 0.143 e. The van der Waals surface area contributed by atoms with E-state index < -0.39 is 0 Å². The topological polar surface area (TPSA) is 56.7 Å². The molecule has 100 valence electrons. The number of halogens is 1. The number of benzene rings is 1. The molecule has 0 atom stereocenters. The fourth-order valence-electron chi connectivity index (χ4n) is 2.58. The Morgan fingerprint density at radius 2 is 2.10 bits per heavy atom. The first-order valence-electron chi connectivity index (χ1n) is 6.61. The number of aromatic nitrogens is 3. The maximum atomic E-state index is 6.11. The van der Waals surface area contributed by atoms with E-state index in [1.807, 2.05) is 18.2 Å². The number of nitrogen functional groups attached to an aromatic ring is 1. The van der Waals surface area contributed by atoms with E-state index in [1.54, 1.807) is 18.5 Å². The normalized spacial score (nSPS) is 14.8. The van der Waals surface area contributed by atoms with Crippen LogP contribution in [-0.4, -0.2) is 14.5 Å². The van der Waals surface area contributed by atoms with Crippen molar-refractivity contribution in [3.63, 3.8) is 0 Å². The number of hydrogen-bond acceptors (Lipinski definition) is 3. The van der Waals surface area contributed by atoms with Crippen LogP contribution in [0.3, 0.4) is 0 Å². The first-order valence-corrected chi connectivity index (χ1v) is 6.99. The molecule has 2 aromatic heterocycles. The zero-order valence-corrected chi connectivity index (χ0v) is 11.5. The van der Waals surface area contributed by atoms with Gasteiger partial charge >= 0.3 is 0 Å². The monoisotopic (exact) mass is 284 g/mol. The number of rotatable bonds is 2. The van der Waals surface area contributed by atoms with Gasteiger partial charge in [0.05, 0.1) is 11.7 Å². The van der Waals surface area contributed by atoms with E-state index in [0.29, 0.717) is 16.8 Å². The Kier molecular flexibility index (Phi) is 2.47. The molecule has 2 heterocycles. The summed E-state index contributed by atoms with van der Waals surface area (Å²) in [6.45, 7) is 0. The Labute approximate surface area is 121 Å². The molecule has 0 saturated heterocycles. The van der Waals surface area contributed by atoms with Gasteiger partial charge in [0.25, 0.3) is 0 Å². The standard InChI is InChI=1S/C15H13ClN4/c16-9-1-4-11(12(17)7-9)15-19-13-8-18-6-5-14(13)20(15)10-2-3-10/h1,4-8,10H,2-3,17H2. The van der Waals surface area contributed by atoms with Gasteiger partial charge < -0.3 is 10.3 Å². The van der Waals surface area contributed by atoms with Gasteiger partial charge in [-0.25, -0.2) is 4.98 Å². The lowest BCUT2D eigenvalue weighted by molar-refractivity contribution is 0.775. The van der Waals surface area contributed by atoms with Crippen molar-refractivity contribution in [3.8, 4) is 11.4 Å². The van der Waals surface area contributed by atoms with Crippen molar-refractivity contribution in [3.05, 3.63) is 41.7 Å². The lowest BCUT2D eigenvalue weighted by atomic mass is 10.1. The van der Waals surface area contributed by atoms with Crippen LogP contribution in [-0.2, 0) is 0 Å². The molecule has 1 aliphatic rings. The van der Waals surface area contributed by atoms with E-state index in [9.17, 15) is 0 Å². The lowest BCUT2D eigenvalue weighted by Crippen LogP contribution is -2.00. The van der Waals surface area contributed by atoms with Crippen molar-refractivity contribution in [2.75, 3.05) is 5.73 Å². The highest BCUT2D eigenvalue weighted by molar-refractivity contribution is 6.31. The summed E-state index contributed by atoms with van der Waals surface area (Å²) in [5.74, 6) is 0.907. The third-order valence-corrected chi connectivity index (χ3v) is 3.89. The Morgan fingerprint density at radius 3 is 2.85 bits per heavy atom. The smallest absolute Gasteiger partial charge is 0.143 e. The number of nitrogens with zero attached hydrogens (tertiary/aromatic N) is 3. The molecule has 1 fully saturated rings. The van der Waals surface area contributed by atoms with Gasteiger partial charge in [-0.2, -0.15) is 0 Å². The van der Waals surface area contributed by atoms with Crippen LogP contribution in [0, 0.1) is 0 Å². The highest BCUT2D eigenvalue weighted by atomic mass is 35.5. The molecule has 1 aliphatic carbocycles. The molecule has 2 N–H and O–H groups in total. The molecule has 4 nitrogen and oxygen atoms in total. The number of anilines is 1. The minimum atomic E-state index is 0.521. The Morgan fingerprint density at radius 1 is 1.25 bits per heavy atom. The van der Waals surface area contributed by atoms with Gasteiger partial charge in [0.1, 0.15) is 11.3 Å². The molecular weight excluding hydrogens is 272 g/mol. The number of hydrogen-bond donors (Lipinski definition) is 1. The van der Waals surface area contributed by atoms with Crippen LogP contribution < -0.4 is 5.73 Å². The van der Waals surface area contributed by atoms with Gasteiger partial charge in [-0.3, -0.25) is 4.98 Å². The fraction of sp³-hybridized carbons (Fsp3) is 0.200. The second-order valence-corrected chi connectivity index (χ2v) is 5.57. The molecule has 1 aromatic carbocycles. The second-order valence-electron chi connectivity index (χ2n) is 5.13. The molecule has 0 aliphatic heterocycles. The first-order chi connectivity index (χ1) is 9.74. The van der Waals surface area contributed by atoms with Crippen LogP contribution >= 0.6 is 11.6 Å². The molecule has 3 aromatic rings. The van der Waals surface area contributed by atoms with E-state index in [2.05, 4.69) is 9.55 Å². The fourth-order valence-corrected chi connectivity index (χ4v) is 2.76. The Bertz CT molecular complexity index is 805. The highest BCUT2D eigenvalue weighted by Crippen LogP contribution is 2.42. The summed E-state index contributed by atoms with van der Waals surface area (Å²) in [4.78, 5) is 8.86. The third-order valence-electron chi connectivity index (χ3n) is 3.66. The summed E-state index contributed by atoms with van der Waals surface area (Å²) in [6.07, 6.45) is 5.98. The predicted octanol–water partition coefficient (Wildman–Crippen LogP) is 3.67. The van der Waals surface area contributed by atoms with E-state index in [0.717, 1.165) is 22.4 Å². The Balaban J connectivity index is 2.01. The van der Waals surface area contributed by atoms with Gasteiger partial charge in [-0.1, -0.05) is 11.6 Å². The highest BCUT2D eigenvalue weighted by Gasteiger charge is 2.29. The summed E-state index contributed by atoms with van der Waals surface area (Å²) < 4.78 is 2.27. The van der Waals surface area contributed by atoms with Crippen LogP contribution in [0.15, 0.2) is 36.7 Å². The number of fused-ring (bicyclic) bond motifs is 1. The molecule has 5 heteroatoms. The molecule has 0 unspecified atom stereocenters. The van der Waals surface area contributed by atoms with Crippen LogP contribution in [0.2, 0.25) is 5.02 Å².